The van der Waals surface area contributed by atoms with Crippen molar-refractivity contribution in [2.75, 3.05) is 21.3 Å². The first kappa shape index (κ1) is 22.2. The number of carbonyl (C=O) groups is 1. The lowest BCUT2D eigenvalue weighted by atomic mass is 10.1. The van der Waals surface area contributed by atoms with Gasteiger partial charge in [-0.3, -0.25) is 4.79 Å². The molecule has 1 heterocycles. The Morgan fingerprint density at radius 3 is 2.37 bits per heavy atom. The Morgan fingerprint density at radius 1 is 1.07 bits per heavy atom. The van der Waals surface area contributed by atoms with Gasteiger partial charge in [-0.1, -0.05) is 29.3 Å². The maximum absolute atomic E-state index is 12.6. The largest absolute Gasteiger partial charge is 0.493 e. The minimum absolute atomic E-state index is 0.0936. The zero-order valence-corrected chi connectivity index (χ0v) is 19.0. The van der Waals surface area contributed by atoms with Crippen molar-refractivity contribution in [3.8, 4) is 17.2 Å². The number of hydrogen-bond donors (Lipinski definition) is 0. The fourth-order valence-corrected chi connectivity index (χ4v) is 4.11. The number of methoxy groups -OCH3 is 3. The Balaban J connectivity index is 1.84. The fourth-order valence-electron chi connectivity index (χ4n) is 2.90. The van der Waals surface area contributed by atoms with Crippen LogP contribution >= 0.6 is 34.5 Å². The van der Waals surface area contributed by atoms with Gasteiger partial charge in [0.05, 0.1) is 34.3 Å². The number of carbonyl (C=O) groups excluding carboxylic acids is 1. The molecule has 0 saturated heterocycles. The van der Waals surface area contributed by atoms with Crippen molar-refractivity contribution in [1.29, 1.82) is 0 Å². The standard InChI is InChI=1S/C21H20Cl2N2O4S/c1-27-17-8-13(9-18(28-2)20(17)29-3)10-19(26)24-21-25(6-7-30-21)12-14-4-5-15(22)11-16(14)23/h4-9,11H,10,12H2,1-3H3. The van der Waals surface area contributed by atoms with Crippen molar-refractivity contribution in [2.24, 2.45) is 4.99 Å². The molecule has 3 rings (SSSR count). The van der Waals surface area contributed by atoms with Crippen molar-refractivity contribution in [3.05, 3.63) is 67.9 Å². The third-order valence-corrected chi connectivity index (χ3v) is 5.70. The number of rotatable bonds is 7. The van der Waals surface area contributed by atoms with Crippen LogP contribution in [-0.4, -0.2) is 31.8 Å². The molecule has 0 aliphatic rings. The van der Waals surface area contributed by atoms with E-state index in [-0.39, 0.29) is 12.3 Å². The molecule has 0 N–H and O–H groups in total. The molecule has 0 aliphatic heterocycles. The topological polar surface area (TPSA) is 62.0 Å². The molecule has 6 nitrogen and oxygen atoms in total. The smallest absolute Gasteiger partial charge is 0.252 e. The summed E-state index contributed by atoms with van der Waals surface area (Å²) in [5, 5.41) is 3.01. The highest BCUT2D eigenvalue weighted by atomic mass is 35.5. The Bertz CT molecular complexity index is 1100. The first-order chi connectivity index (χ1) is 14.4. The van der Waals surface area contributed by atoms with Gasteiger partial charge in [-0.15, -0.1) is 11.3 Å². The number of benzene rings is 2. The Morgan fingerprint density at radius 2 is 1.77 bits per heavy atom. The summed E-state index contributed by atoms with van der Waals surface area (Å²) < 4.78 is 17.9. The van der Waals surface area contributed by atoms with E-state index in [4.69, 9.17) is 37.4 Å². The third kappa shape index (κ3) is 5.16. The quantitative estimate of drug-likeness (QED) is 0.510. The second kappa shape index (κ2) is 10.0. The number of aromatic nitrogens is 1. The highest BCUT2D eigenvalue weighted by Crippen LogP contribution is 2.38. The Labute approximate surface area is 188 Å². The van der Waals surface area contributed by atoms with Crippen molar-refractivity contribution >= 4 is 40.4 Å². The van der Waals surface area contributed by atoms with Gasteiger partial charge >= 0.3 is 0 Å². The van der Waals surface area contributed by atoms with E-state index in [0.29, 0.717) is 44.2 Å². The van der Waals surface area contributed by atoms with E-state index in [1.807, 2.05) is 22.2 Å². The summed E-state index contributed by atoms with van der Waals surface area (Å²) in [5.41, 5.74) is 1.60. The van der Waals surface area contributed by atoms with Crippen molar-refractivity contribution in [3.63, 3.8) is 0 Å². The summed E-state index contributed by atoms with van der Waals surface area (Å²) >= 11 is 13.6. The number of hydrogen-bond acceptors (Lipinski definition) is 5. The van der Waals surface area contributed by atoms with Gasteiger partial charge in [0.2, 0.25) is 5.75 Å². The average Bonchev–Trinajstić information content (AvgIpc) is 3.15. The van der Waals surface area contributed by atoms with Gasteiger partial charge in [-0.25, -0.2) is 0 Å². The lowest BCUT2D eigenvalue weighted by Gasteiger charge is -2.13. The lowest BCUT2D eigenvalue weighted by molar-refractivity contribution is -0.117. The van der Waals surface area contributed by atoms with Crippen LogP contribution in [0.25, 0.3) is 0 Å². The van der Waals surface area contributed by atoms with Crippen LogP contribution in [-0.2, 0) is 17.8 Å². The van der Waals surface area contributed by atoms with Crippen LogP contribution in [0.15, 0.2) is 46.9 Å². The third-order valence-electron chi connectivity index (χ3n) is 4.32. The fraction of sp³-hybridized carbons (Fsp3) is 0.238. The molecule has 158 valence electrons. The maximum Gasteiger partial charge on any atom is 0.252 e. The van der Waals surface area contributed by atoms with E-state index >= 15 is 0 Å². The molecule has 0 saturated carbocycles. The first-order valence-electron chi connectivity index (χ1n) is 8.89. The minimum atomic E-state index is -0.289. The Hall–Kier alpha value is -2.48. The monoisotopic (exact) mass is 466 g/mol. The predicted molar refractivity (Wildman–Crippen MR) is 118 cm³/mol. The van der Waals surface area contributed by atoms with Crippen molar-refractivity contribution in [2.45, 2.75) is 13.0 Å². The molecule has 2 aromatic carbocycles. The van der Waals surface area contributed by atoms with E-state index in [1.54, 1.807) is 24.3 Å². The normalized spacial score (nSPS) is 11.4. The zero-order valence-electron chi connectivity index (χ0n) is 16.6. The van der Waals surface area contributed by atoms with Gasteiger partial charge in [0.15, 0.2) is 16.3 Å². The molecule has 0 atom stereocenters. The van der Waals surface area contributed by atoms with Crippen LogP contribution in [0.3, 0.4) is 0 Å². The van der Waals surface area contributed by atoms with Crippen molar-refractivity contribution in [1.82, 2.24) is 4.57 Å². The van der Waals surface area contributed by atoms with Gasteiger partial charge in [0.1, 0.15) is 0 Å². The van der Waals surface area contributed by atoms with Crippen LogP contribution in [0.1, 0.15) is 11.1 Å². The van der Waals surface area contributed by atoms with Crippen LogP contribution in [0.2, 0.25) is 10.0 Å². The van der Waals surface area contributed by atoms with Crippen LogP contribution in [0, 0.1) is 0 Å². The first-order valence-corrected chi connectivity index (χ1v) is 10.5. The molecule has 0 spiro atoms. The summed E-state index contributed by atoms with van der Waals surface area (Å²) in [6, 6.07) is 8.81. The SMILES string of the molecule is COc1cc(CC(=O)N=c2sccn2Cc2ccc(Cl)cc2Cl)cc(OC)c1OC. The second-order valence-corrected chi connectivity index (χ2v) is 7.98. The zero-order chi connectivity index (χ0) is 21.7. The van der Waals surface area contributed by atoms with E-state index in [0.717, 1.165) is 5.56 Å². The summed E-state index contributed by atoms with van der Waals surface area (Å²) in [6.45, 7) is 0.482. The molecule has 1 aromatic heterocycles. The van der Waals surface area contributed by atoms with E-state index in [2.05, 4.69) is 4.99 Å². The van der Waals surface area contributed by atoms with Crippen molar-refractivity contribution < 1.29 is 19.0 Å². The van der Waals surface area contributed by atoms with Gasteiger partial charge in [0.25, 0.3) is 5.91 Å². The molecule has 3 aromatic rings. The minimum Gasteiger partial charge on any atom is -0.493 e. The summed E-state index contributed by atoms with van der Waals surface area (Å²) in [4.78, 5) is 17.5. The highest BCUT2D eigenvalue weighted by Gasteiger charge is 2.15. The molecule has 0 aliphatic carbocycles. The van der Waals surface area contributed by atoms with Gasteiger partial charge < -0.3 is 18.8 Å². The number of halogens is 2. The van der Waals surface area contributed by atoms with Gasteiger partial charge in [-0.2, -0.15) is 4.99 Å². The van der Waals surface area contributed by atoms with E-state index in [1.165, 1.54) is 32.7 Å². The molecular formula is C21H20Cl2N2O4S. The van der Waals surface area contributed by atoms with Crippen LogP contribution in [0.4, 0.5) is 0 Å². The molecule has 1 amide bonds. The maximum atomic E-state index is 12.6. The number of nitrogens with zero attached hydrogens (tertiary/aromatic N) is 2. The second-order valence-electron chi connectivity index (χ2n) is 6.27. The average molecular weight is 467 g/mol. The summed E-state index contributed by atoms with van der Waals surface area (Å²) in [5.74, 6) is 1.16. The van der Waals surface area contributed by atoms with Crippen LogP contribution < -0.4 is 19.0 Å². The van der Waals surface area contributed by atoms with Crippen LogP contribution in [0.5, 0.6) is 17.2 Å². The number of thiazole rings is 1. The van der Waals surface area contributed by atoms with E-state index in [9.17, 15) is 4.79 Å². The molecule has 0 radical (unpaired) electrons. The molecule has 0 fully saturated rings. The number of ether oxygens (including phenoxy) is 3. The molecule has 0 unspecified atom stereocenters. The molecule has 30 heavy (non-hydrogen) atoms. The predicted octanol–water partition coefficient (Wildman–Crippen LogP) is 4.60. The van der Waals surface area contributed by atoms with Gasteiger partial charge in [0, 0.05) is 21.6 Å². The number of amides is 1. The summed E-state index contributed by atoms with van der Waals surface area (Å²) in [6.07, 6.45) is 1.96. The summed E-state index contributed by atoms with van der Waals surface area (Å²) in [7, 11) is 4.59. The molecule has 0 bridgehead atoms. The highest BCUT2D eigenvalue weighted by molar-refractivity contribution is 7.07. The lowest BCUT2D eigenvalue weighted by Crippen LogP contribution is -2.17. The van der Waals surface area contributed by atoms with E-state index < -0.39 is 0 Å². The van der Waals surface area contributed by atoms with Gasteiger partial charge in [-0.05, 0) is 35.4 Å². The molecular weight excluding hydrogens is 447 g/mol. The Kier molecular flexibility index (Phi) is 7.42. The molecule has 9 heteroatoms.